The standard InChI is InChI=1S/C16H23FN2O3/c1-18-15(20)9-16(21)4-3-5-19(11-16)10-12-6-13(17)8-14(7-12)22-2/h6-8,21H,3-5,9-11H2,1-2H3,(H,18,20). The molecular formula is C16H23FN2O3. The van der Waals surface area contributed by atoms with E-state index in [1.54, 1.807) is 13.1 Å². The Balaban J connectivity index is 2.04. The molecule has 0 bridgehead atoms. The average Bonchev–Trinajstić information content (AvgIpc) is 2.46. The molecule has 1 fully saturated rings. The van der Waals surface area contributed by atoms with Gasteiger partial charge in [-0.2, -0.15) is 0 Å². The lowest BCUT2D eigenvalue weighted by molar-refractivity contribution is -0.128. The number of likely N-dealkylation sites (tertiary alicyclic amines) is 1. The van der Waals surface area contributed by atoms with Gasteiger partial charge < -0.3 is 15.2 Å². The van der Waals surface area contributed by atoms with E-state index in [1.807, 2.05) is 4.90 Å². The van der Waals surface area contributed by atoms with Crippen LogP contribution in [0.4, 0.5) is 4.39 Å². The summed E-state index contributed by atoms with van der Waals surface area (Å²) in [4.78, 5) is 13.6. The smallest absolute Gasteiger partial charge is 0.222 e. The zero-order chi connectivity index (χ0) is 16.2. The summed E-state index contributed by atoms with van der Waals surface area (Å²) in [7, 11) is 3.06. The van der Waals surface area contributed by atoms with Gasteiger partial charge >= 0.3 is 0 Å². The van der Waals surface area contributed by atoms with Crippen molar-refractivity contribution in [3.63, 3.8) is 0 Å². The second-order valence-electron chi connectivity index (χ2n) is 5.89. The van der Waals surface area contributed by atoms with Crippen molar-refractivity contribution in [2.75, 3.05) is 27.2 Å². The van der Waals surface area contributed by atoms with Gasteiger partial charge in [0.05, 0.1) is 19.1 Å². The highest BCUT2D eigenvalue weighted by Gasteiger charge is 2.35. The van der Waals surface area contributed by atoms with Crippen LogP contribution in [0.25, 0.3) is 0 Å². The van der Waals surface area contributed by atoms with Gasteiger partial charge in [-0.25, -0.2) is 4.39 Å². The van der Waals surface area contributed by atoms with Crippen molar-refractivity contribution in [1.29, 1.82) is 0 Å². The lowest BCUT2D eigenvalue weighted by Crippen LogP contribution is -2.49. The molecule has 0 radical (unpaired) electrons. The minimum Gasteiger partial charge on any atom is -0.497 e. The van der Waals surface area contributed by atoms with Gasteiger partial charge in [0, 0.05) is 26.2 Å². The number of piperidine rings is 1. The van der Waals surface area contributed by atoms with Gasteiger partial charge in [0.25, 0.3) is 0 Å². The maximum atomic E-state index is 13.5. The van der Waals surface area contributed by atoms with Gasteiger partial charge in [-0.05, 0) is 37.1 Å². The van der Waals surface area contributed by atoms with Crippen LogP contribution < -0.4 is 10.1 Å². The molecule has 6 heteroatoms. The molecule has 1 aromatic rings. The predicted molar refractivity (Wildman–Crippen MR) is 81.1 cm³/mol. The number of hydrogen-bond acceptors (Lipinski definition) is 4. The van der Waals surface area contributed by atoms with Crippen molar-refractivity contribution >= 4 is 5.91 Å². The van der Waals surface area contributed by atoms with Crippen LogP contribution in [-0.4, -0.2) is 48.8 Å². The summed E-state index contributed by atoms with van der Waals surface area (Å²) in [6, 6.07) is 4.59. The number of carbonyl (C=O) groups is 1. The molecule has 22 heavy (non-hydrogen) atoms. The average molecular weight is 310 g/mol. The Labute approximate surface area is 130 Å². The Kier molecular flexibility index (Phi) is 5.37. The number of rotatable bonds is 5. The van der Waals surface area contributed by atoms with Crippen LogP contribution >= 0.6 is 0 Å². The Morgan fingerprint density at radius 3 is 2.95 bits per heavy atom. The summed E-state index contributed by atoms with van der Waals surface area (Å²) in [6.45, 7) is 1.73. The van der Waals surface area contributed by atoms with Crippen LogP contribution in [0.2, 0.25) is 0 Å². The number of ether oxygens (including phenoxy) is 1. The first kappa shape index (κ1) is 16.7. The van der Waals surface area contributed by atoms with Crippen LogP contribution in [0, 0.1) is 5.82 Å². The van der Waals surface area contributed by atoms with Gasteiger partial charge in [0.15, 0.2) is 0 Å². The third-order valence-corrected chi connectivity index (χ3v) is 3.98. The van der Waals surface area contributed by atoms with Gasteiger partial charge in [-0.15, -0.1) is 0 Å². The Morgan fingerprint density at radius 1 is 1.50 bits per heavy atom. The van der Waals surface area contributed by atoms with Crippen LogP contribution in [0.3, 0.4) is 0 Å². The van der Waals surface area contributed by atoms with Crippen molar-refractivity contribution in [2.45, 2.75) is 31.4 Å². The fourth-order valence-corrected chi connectivity index (χ4v) is 2.96. The van der Waals surface area contributed by atoms with E-state index < -0.39 is 5.60 Å². The molecular weight excluding hydrogens is 287 g/mol. The summed E-state index contributed by atoms with van der Waals surface area (Å²) >= 11 is 0. The number of nitrogens with one attached hydrogen (secondary N) is 1. The molecule has 1 aliphatic rings. The molecule has 2 N–H and O–H groups in total. The number of nitrogens with zero attached hydrogens (tertiary/aromatic N) is 1. The van der Waals surface area contributed by atoms with Gasteiger partial charge in [-0.1, -0.05) is 0 Å². The molecule has 1 heterocycles. The van der Waals surface area contributed by atoms with Crippen molar-refractivity contribution in [3.05, 3.63) is 29.6 Å². The normalized spacial score (nSPS) is 22.4. The topological polar surface area (TPSA) is 61.8 Å². The minimum atomic E-state index is -1.02. The fourth-order valence-electron chi connectivity index (χ4n) is 2.96. The first-order chi connectivity index (χ1) is 10.4. The Morgan fingerprint density at radius 2 is 2.27 bits per heavy atom. The molecule has 1 saturated heterocycles. The molecule has 2 rings (SSSR count). The molecule has 1 aliphatic heterocycles. The first-order valence-corrected chi connectivity index (χ1v) is 7.43. The highest BCUT2D eigenvalue weighted by Crippen LogP contribution is 2.26. The molecule has 0 spiro atoms. The van der Waals surface area contributed by atoms with Crippen molar-refractivity contribution < 1.29 is 19.0 Å². The first-order valence-electron chi connectivity index (χ1n) is 7.43. The maximum absolute atomic E-state index is 13.5. The molecule has 0 saturated carbocycles. The third-order valence-electron chi connectivity index (χ3n) is 3.98. The summed E-state index contributed by atoms with van der Waals surface area (Å²) in [6.07, 6.45) is 1.50. The van der Waals surface area contributed by atoms with E-state index in [1.165, 1.54) is 19.2 Å². The molecule has 1 aromatic carbocycles. The molecule has 1 amide bonds. The van der Waals surface area contributed by atoms with E-state index in [-0.39, 0.29) is 18.1 Å². The largest absolute Gasteiger partial charge is 0.497 e. The van der Waals surface area contributed by atoms with Crippen LogP contribution in [0.1, 0.15) is 24.8 Å². The van der Waals surface area contributed by atoms with Crippen molar-refractivity contribution in [3.8, 4) is 5.75 Å². The van der Waals surface area contributed by atoms with Crippen LogP contribution in [0.5, 0.6) is 5.75 Å². The fraction of sp³-hybridized carbons (Fsp3) is 0.562. The Hall–Kier alpha value is -1.66. The lowest BCUT2D eigenvalue weighted by atomic mass is 9.89. The van der Waals surface area contributed by atoms with E-state index in [0.717, 1.165) is 18.5 Å². The van der Waals surface area contributed by atoms with Gasteiger partial charge in [0.2, 0.25) is 5.91 Å². The number of β-amino-alcohol motifs (C(OH)–C–C–N with tert-alkyl or cyclic N) is 1. The second kappa shape index (κ2) is 7.07. The lowest BCUT2D eigenvalue weighted by Gasteiger charge is -2.38. The maximum Gasteiger partial charge on any atom is 0.222 e. The third kappa shape index (κ3) is 4.42. The quantitative estimate of drug-likeness (QED) is 0.860. The number of benzene rings is 1. The summed E-state index contributed by atoms with van der Waals surface area (Å²) < 4.78 is 18.6. The van der Waals surface area contributed by atoms with E-state index in [9.17, 15) is 14.3 Å². The molecule has 1 unspecified atom stereocenters. The number of amides is 1. The van der Waals surface area contributed by atoms with Crippen LogP contribution in [0.15, 0.2) is 18.2 Å². The van der Waals surface area contributed by atoms with Crippen LogP contribution in [-0.2, 0) is 11.3 Å². The predicted octanol–water partition coefficient (Wildman–Crippen LogP) is 1.30. The number of carbonyl (C=O) groups excluding carboxylic acids is 1. The van der Waals surface area contributed by atoms with E-state index >= 15 is 0 Å². The monoisotopic (exact) mass is 310 g/mol. The summed E-state index contributed by atoms with van der Waals surface area (Å²) in [5, 5.41) is 13.1. The molecule has 122 valence electrons. The van der Waals surface area contributed by atoms with E-state index in [2.05, 4.69) is 5.32 Å². The van der Waals surface area contributed by atoms with E-state index in [0.29, 0.717) is 25.3 Å². The molecule has 1 atom stereocenters. The molecule has 0 aliphatic carbocycles. The Bertz CT molecular complexity index is 538. The molecule has 5 nitrogen and oxygen atoms in total. The highest BCUT2D eigenvalue weighted by atomic mass is 19.1. The summed E-state index contributed by atoms with van der Waals surface area (Å²) in [5.74, 6) is -0.0311. The van der Waals surface area contributed by atoms with Gasteiger partial charge in [0.1, 0.15) is 11.6 Å². The van der Waals surface area contributed by atoms with Gasteiger partial charge in [-0.3, -0.25) is 9.69 Å². The number of halogens is 1. The van der Waals surface area contributed by atoms with E-state index in [4.69, 9.17) is 4.74 Å². The van der Waals surface area contributed by atoms with Crippen molar-refractivity contribution in [1.82, 2.24) is 10.2 Å². The highest BCUT2D eigenvalue weighted by molar-refractivity contribution is 5.76. The van der Waals surface area contributed by atoms with Crippen molar-refractivity contribution in [2.24, 2.45) is 0 Å². The minimum absolute atomic E-state index is 0.0898. The SMILES string of the molecule is CNC(=O)CC1(O)CCCN(Cc2cc(F)cc(OC)c2)C1. The zero-order valence-corrected chi connectivity index (χ0v) is 13.1. The summed E-state index contributed by atoms with van der Waals surface area (Å²) in [5.41, 5.74) is -0.225. The number of methoxy groups -OCH3 is 1. The molecule has 0 aromatic heterocycles. The number of aliphatic hydroxyl groups is 1. The second-order valence-corrected chi connectivity index (χ2v) is 5.89. The number of hydrogen-bond donors (Lipinski definition) is 2. The zero-order valence-electron chi connectivity index (χ0n) is 13.1.